The zero-order valence-electron chi connectivity index (χ0n) is 18.2. The van der Waals surface area contributed by atoms with Gasteiger partial charge in [-0.1, -0.05) is 51.0 Å². The number of halogens is 1. The number of nitrogens with zero attached hydrogens (tertiary/aromatic N) is 3. The van der Waals surface area contributed by atoms with Crippen LogP contribution in [0.5, 0.6) is 0 Å². The Morgan fingerprint density at radius 2 is 1.59 bits per heavy atom. The molecule has 0 N–H and O–H groups in total. The summed E-state index contributed by atoms with van der Waals surface area (Å²) in [5.41, 5.74) is 5.15. The Hall–Kier alpha value is -1.82. The lowest BCUT2D eigenvalue weighted by atomic mass is 10.2. The molecule has 29 heavy (non-hydrogen) atoms. The summed E-state index contributed by atoms with van der Waals surface area (Å²) in [7, 11) is 4.15. The zero-order valence-corrected chi connectivity index (χ0v) is 20.4. The van der Waals surface area contributed by atoms with Crippen molar-refractivity contribution in [3.8, 4) is 0 Å². The fourth-order valence-electron chi connectivity index (χ4n) is 3.65. The Morgan fingerprint density at radius 3 is 2.24 bits per heavy atom. The molecule has 0 bridgehead atoms. The summed E-state index contributed by atoms with van der Waals surface area (Å²) in [5, 5.41) is 0. The van der Waals surface area contributed by atoms with Crippen molar-refractivity contribution in [1.29, 1.82) is 0 Å². The van der Waals surface area contributed by atoms with Gasteiger partial charge in [-0.15, -0.1) is 0 Å². The van der Waals surface area contributed by atoms with E-state index in [9.17, 15) is 0 Å². The van der Waals surface area contributed by atoms with Gasteiger partial charge in [0.15, 0.2) is 11.0 Å². The molecule has 156 valence electrons. The Morgan fingerprint density at radius 1 is 0.897 bits per heavy atom. The average molecular weight is 503 g/mol. The highest BCUT2D eigenvalue weighted by atomic mass is 127. The van der Waals surface area contributed by atoms with Crippen LogP contribution in [-0.2, 0) is 13.1 Å². The molecule has 4 heteroatoms. The number of aryl methyl sites for hydroxylation is 2. The van der Waals surface area contributed by atoms with Gasteiger partial charge >= 0.3 is 0 Å². The van der Waals surface area contributed by atoms with Crippen LogP contribution in [0.4, 0.5) is 5.69 Å². The molecule has 3 rings (SSSR count). The number of hydrogen-bond donors (Lipinski definition) is 0. The molecule has 0 spiro atoms. The lowest BCUT2D eigenvalue weighted by Gasteiger charge is -2.11. The maximum atomic E-state index is 2.50. The molecule has 0 fully saturated rings. The van der Waals surface area contributed by atoms with E-state index in [2.05, 4.69) is 103 Å². The van der Waals surface area contributed by atoms with Crippen molar-refractivity contribution in [2.45, 2.75) is 52.6 Å². The predicted molar refractivity (Wildman–Crippen MR) is 122 cm³/mol. The van der Waals surface area contributed by atoms with Crippen LogP contribution >= 0.6 is 0 Å². The molecule has 3 nitrogen and oxygen atoms in total. The van der Waals surface area contributed by atoms with Crippen LogP contribution in [0.2, 0.25) is 0 Å². The lowest BCUT2D eigenvalue weighted by Crippen LogP contribution is -3.00. The first-order valence-corrected chi connectivity index (χ1v) is 10.6. The summed E-state index contributed by atoms with van der Waals surface area (Å²) in [6.45, 7) is 6.65. The molecule has 0 aliphatic heterocycles. The number of imidazole rings is 1. The summed E-state index contributed by atoms with van der Waals surface area (Å²) < 4.78 is 5.00. The van der Waals surface area contributed by atoms with Crippen molar-refractivity contribution < 1.29 is 28.5 Å². The third kappa shape index (κ3) is 5.62. The number of benzene rings is 2. The summed E-state index contributed by atoms with van der Waals surface area (Å²) >= 11 is 0. The number of hydrogen-bond acceptors (Lipinski definition) is 1. The van der Waals surface area contributed by atoms with E-state index < -0.39 is 0 Å². The van der Waals surface area contributed by atoms with Gasteiger partial charge in [0, 0.05) is 25.9 Å². The molecule has 0 aliphatic rings. The first kappa shape index (κ1) is 23.5. The van der Waals surface area contributed by atoms with Gasteiger partial charge in [0.2, 0.25) is 0 Å². The van der Waals surface area contributed by atoms with E-state index in [1.54, 1.807) is 0 Å². The molecule has 0 saturated heterocycles. The van der Waals surface area contributed by atoms with E-state index in [1.807, 2.05) is 0 Å². The van der Waals surface area contributed by atoms with Crippen molar-refractivity contribution in [2.24, 2.45) is 0 Å². The second-order valence-electron chi connectivity index (χ2n) is 7.68. The molecular weight excluding hydrogens is 469 g/mol. The van der Waals surface area contributed by atoms with Crippen molar-refractivity contribution in [1.82, 2.24) is 4.57 Å². The van der Waals surface area contributed by atoms with E-state index in [4.69, 9.17) is 0 Å². The van der Waals surface area contributed by atoms with Gasteiger partial charge in [0.1, 0.15) is 0 Å². The van der Waals surface area contributed by atoms with Gasteiger partial charge in [-0.2, -0.15) is 0 Å². The summed E-state index contributed by atoms with van der Waals surface area (Å²) in [4.78, 5) is 2.13. The van der Waals surface area contributed by atoms with Gasteiger partial charge in [-0.25, -0.2) is 9.13 Å². The monoisotopic (exact) mass is 503 g/mol. The standard InChI is InChI=1S/C25H34N3.HI/c1-5-7-19-27-23-11-9-10-12-24(23)28(20-8-6-2)25(27)18-15-21-13-16-22(17-14-21)26(3)4;/h9-18H,5-8,19-20H2,1-4H3;1H/q+1;/p-1. The zero-order chi connectivity index (χ0) is 19.9. The van der Waals surface area contributed by atoms with E-state index in [0.29, 0.717) is 0 Å². The highest BCUT2D eigenvalue weighted by Crippen LogP contribution is 2.19. The molecule has 0 saturated carbocycles. The van der Waals surface area contributed by atoms with Crippen LogP contribution in [0.15, 0.2) is 48.5 Å². The van der Waals surface area contributed by atoms with Crippen LogP contribution < -0.4 is 33.4 Å². The normalized spacial score (nSPS) is 11.2. The van der Waals surface area contributed by atoms with Crippen LogP contribution in [-0.4, -0.2) is 18.7 Å². The van der Waals surface area contributed by atoms with Crippen molar-refractivity contribution >= 4 is 28.9 Å². The first-order chi connectivity index (χ1) is 13.7. The van der Waals surface area contributed by atoms with E-state index in [-0.39, 0.29) is 24.0 Å². The minimum atomic E-state index is 0. The third-order valence-electron chi connectivity index (χ3n) is 5.32. The molecule has 3 aromatic rings. The SMILES string of the molecule is CCCCn1c(C=Cc2ccc(N(C)C)cc2)[n+](CCCC)c2ccccc21.[I-]. The number of rotatable bonds is 9. The third-order valence-corrected chi connectivity index (χ3v) is 5.32. The molecule has 0 amide bonds. The smallest absolute Gasteiger partial charge is 0.282 e. The van der Waals surface area contributed by atoms with Gasteiger partial charge in [-0.3, -0.25) is 0 Å². The second kappa shape index (κ2) is 11.4. The molecule has 0 atom stereocenters. The Balaban J connectivity index is 0.00000300. The van der Waals surface area contributed by atoms with E-state index in [1.165, 1.54) is 53.8 Å². The Kier molecular flexibility index (Phi) is 9.21. The summed E-state index contributed by atoms with van der Waals surface area (Å²) in [6, 6.07) is 17.6. The minimum absolute atomic E-state index is 0. The van der Waals surface area contributed by atoms with Gasteiger partial charge in [0.25, 0.3) is 5.82 Å². The molecule has 0 radical (unpaired) electrons. The van der Waals surface area contributed by atoms with Crippen LogP contribution in [0, 0.1) is 0 Å². The predicted octanol–water partition coefficient (Wildman–Crippen LogP) is 2.77. The topological polar surface area (TPSA) is 12.1 Å². The quantitative estimate of drug-likeness (QED) is 0.323. The number of para-hydroxylation sites is 2. The molecule has 2 aromatic carbocycles. The Bertz CT molecular complexity index is 878. The van der Waals surface area contributed by atoms with Crippen LogP contribution in [0.25, 0.3) is 23.2 Å². The second-order valence-corrected chi connectivity index (χ2v) is 7.68. The highest BCUT2D eigenvalue weighted by Gasteiger charge is 2.22. The molecule has 0 unspecified atom stereocenters. The highest BCUT2D eigenvalue weighted by molar-refractivity contribution is 5.76. The fourth-order valence-corrected chi connectivity index (χ4v) is 3.65. The maximum absolute atomic E-state index is 2.50. The van der Waals surface area contributed by atoms with Crippen LogP contribution in [0.3, 0.4) is 0 Å². The minimum Gasteiger partial charge on any atom is -1.00 e. The van der Waals surface area contributed by atoms with Gasteiger partial charge in [0.05, 0.1) is 13.1 Å². The molecule has 1 aromatic heterocycles. The first-order valence-electron chi connectivity index (χ1n) is 10.6. The number of anilines is 1. The van der Waals surface area contributed by atoms with E-state index in [0.717, 1.165) is 13.1 Å². The van der Waals surface area contributed by atoms with Crippen molar-refractivity contribution in [3.05, 3.63) is 59.9 Å². The largest absolute Gasteiger partial charge is 1.00 e. The average Bonchev–Trinajstić information content (AvgIpc) is 3.02. The van der Waals surface area contributed by atoms with Gasteiger partial charge in [-0.05, 0) is 48.7 Å². The van der Waals surface area contributed by atoms with E-state index >= 15 is 0 Å². The lowest BCUT2D eigenvalue weighted by molar-refractivity contribution is -0.674. The molecular formula is C25H34IN3. The number of unbranched alkanes of at least 4 members (excludes halogenated alkanes) is 2. The van der Waals surface area contributed by atoms with Gasteiger partial charge < -0.3 is 28.9 Å². The summed E-state index contributed by atoms with van der Waals surface area (Å²) in [5.74, 6) is 1.31. The molecule has 1 heterocycles. The maximum Gasteiger partial charge on any atom is 0.282 e. The fraction of sp³-hybridized carbons (Fsp3) is 0.400. The summed E-state index contributed by atoms with van der Waals surface area (Å²) in [6.07, 6.45) is 9.36. The number of fused-ring (bicyclic) bond motifs is 1. The molecule has 0 aliphatic carbocycles. The van der Waals surface area contributed by atoms with Crippen LogP contribution in [0.1, 0.15) is 50.9 Å². The van der Waals surface area contributed by atoms with Crippen molar-refractivity contribution in [2.75, 3.05) is 19.0 Å². The Labute approximate surface area is 193 Å². The van der Waals surface area contributed by atoms with Crippen molar-refractivity contribution in [3.63, 3.8) is 0 Å². The number of aromatic nitrogens is 2.